The summed E-state index contributed by atoms with van der Waals surface area (Å²) in [5.41, 5.74) is 0.670. The largest absolute Gasteiger partial charge is 0.486 e. The van der Waals surface area contributed by atoms with Gasteiger partial charge in [0.25, 0.3) is 0 Å². The van der Waals surface area contributed by atoms with Gasteiger partial charge in [0.2, 0.25) is 0 Å². The van der Waals surface area contributed by atoms with Gasteiger partial charge < -0.3 is 10.1 Å². The van der Waals surface area contributed by atoms with Gasteiger partial charge in [0.05, 0.1) is 0 Å². The summed E-state index contributed by atoms with van der Waals surface area (Å²) in [5.74, 6) is 0.394. The minimum absolute atomic E-state index is 0.00799. The lowest BCUT2D eigenvalue weighted by atomic mass is 10.0. The Morgan fingerprint density at radius 3 is 2.89 bits per heavy atom. The molecule has 1 aliphatic carbocycles. The molecule has 0 spiro atoms. The Labute approximate surface area is 108 Å². The molecule has 0 heterocycles. The van der Waals surface area contributed by atoms with Gasteiger partial charge in [-0.25, -0.2) is 4.39 Å². The van der Waals surface area contributed by atoms with Crippen molar-refractivity contribution in [3.8, 4) is 5.75 Å². The molecule has 3 heteroatoms. The third-order valence-corrected chi connectivity index (χ3v) is 3.37. The molecule has 0 saturated carbocycles. The van der Waals surface area contributed by atoms with E-state index in [-0.39, 0.29) is 18.0 Å². The smallest absolute Gasteiger partial charge is 0.131 e. The summed E-state index contributed by atoms with van der Waals surface area (Å²) in [5, 5.41) is 3.03. The lowest BCUT2D eigenvalue weighted by Gasteiger charge is -2.19. The number of halogens is 1. The fraction of sp³-hybridized carbons (Fsp3) is 0.467. The van der Waals surface area contributed by atoms with Crippen LogP contribution in [0.5, 0.6) is 5.75 Å². The second kappa shape index (κ2) is 6.01. The lowest BCUT2D eigenvalue weighted by Crippen LogP contribution is -2.17. The number of hydrogen-bond donors (Lipinski definition) is 1. The summed E-state index contributed by atoms with van der Waals surface area (Å²) in [6.07, 6.45) is 7.54. The van der Waals surface area contributed by atoms with Gasteiger partial charge in [-0.3, -0.25) is 0 Å². The second-order valence-corrected chi connectivity index (χ2v) is 4.71. The summed E-state index contributed by atoms with van der Waals surface area (Å²) in [6, 6.07) is 5.12. The third kappa shape index (κ3) is 3.10. The molecule has 0 saturated heterocycles. The first kappa shape index (κ1) is 13.1. The standard InChI is InChI=1S/C15H20FNO/c1-11(17-2)14-9-8-13(10-15(14)16)18-12-6-4-3-5-7-12/h4,6,8-12,17H,3,5,7H2,1-2H3. The van der Waals surface area contributed by atoms with Gasteiger partial charge in [0, 0.05) is 17.7 Å². The fourth-order valence-electron chi connectivity index (χ4n) is 2.14. The zero-order valence-corrected chi connectivity index (χ0v) is 10.9. The van der Waals surface area contributed by atoms with E-state index in [0.29, 0.717) is 11.3 Å². The molecule has 1 aliphatic rings. The molecule has 2 nitrogen and oxygen atoms in total. The normalized spacial score (nSPS) is 20.7. The zero-order chi connectivity index (χ0) is 13.0. The van der Waals surface area contributed by atoms with Gasteiger partial charge in [-0.15, -0.1) is 0 Å². The molecule has 0 aromatic heterocycles. The number of hydrogen-bond acceptors (Lipinski definition) is 2. The molecule has 0 radical (unpaired) electrons. The van der Waals surface area contributed by atoms with Crippen LogP contribution >= 0.6 is 0 Å². The number of nitrogens with one attached hydrogen (secondary N) is 1. The first-order valence-electron chi connectivity index (χ1n) is 6.50. The van der Waals surface area contributed by atoms with Crippen molar-refractivity contribution < 1.29 is 9.13 Å². The van der Waals surface area contributed by atoms with E-state index in [4.69, 9.17) is 4.74 Å². The molecule has 0 fully saturated rings. The Morgan fingerprint density at radius 1 is 1.44 bits per heavy atom. The Hall–Kier alpha value is -1.35. The highest BCUT2D eigenvalue weighted by atomic mass is 19.1. The minimum Gasteiger partial charge on any atom is -0.486 e. The molecular formula is C15H20FNO. The quantitative estimate of drug-likeness (QED) is 0.823. The second-order valence-electron chi connectivity index (χ2n) is 4.71. The Kier molecular flexibility index (Phi) is 4.37. The number of allylic oxidation sites excluding steroid dienone is 1. The molecule has 2 unspecified atom stereocenters. The summed E-state index contributed by atoms with van der Waals surface area (Å²) < 4.78 is 19.7. The van der Waals surface area contributed by atoms with Gasteiger partial charge in [0.15, 0.2) is 0 Å². The van der Waals surface area contributed by atoms with Crippen molar-refractivity contribution in [2.45, 2.75) is 38.3 Å². The van der Waals surface area contributed by atoms with Crippen LogP contribution in [0.4, 0.5) is 4.39 Å². The van der Waals surface area contributed by atoms with Crippen molar-refractivity contribution >= 4 is 0 Å². The molecule has 1 aromatic carbocycles. The maximum atomic E-state index is 13.9. The van der Waals surface area contributed by atoms with Crippen LogP contribution in [0, 0.1) is 5.82 Å². The maximum Gasteiger partial charge on any atom is 0.131 e. The van der Waals surface area contributed by atoms with E-state index in [1.54, 1.807) is 6.07 Å². The van der Waals surface area contributed by atoms with Gasteiger partial charge >= 0.3 is 0 Å². The highest BCUT2D eigenvalue weighted by molar-refractivity contribution is 5.31. The van der Waals surface area contributed by atoms with Crippen molar-refractivity contribution in [2.24, 2.45) is 0 Å². The predicted molar refractivity (Wildman–Crippen MR) is 71.3 cm³/mol. The molecule has 0 bridgehead atoms. The summed E-state index contributed by atoms with van der Waals surface area (Å²) in [7, 11) is 1.82. The monoisotopic (exact) mass is 249 g/mol. The average Bonchev–Trinajstić information content (AvgIpc) is 2.39. The van der Waals surface area contributed by atoms with Crippen molar-refractivity contribution in [3.63, 3.8) is 0 Å². The molecule has 98 valence electrons. The molecule has 2 atom stereocenters. The number of rotatable bonds is 4. The molecule has 0 amide bonds. The highest BCUT2D eigenvalue weighted by Gasteiger charge is 2.13. The van der Waals surface area contributed by atoms with Crippen molar-refractivity contribution in [3.05, 3.63) is 41.7 Å². The zero-order valence-electron chi connectivity index (χ0n) is 10.9. The van der Waals surface area contributed by atoms with Gasteiger partial charge in [-0.2, -0.15) is 0 Å². The van der Waals surface area contributed by atoms with E-state index in [2.05, 4.69) is 17.5 Å². The molecular weight excluding hydrogens is 229 g/mol. The van der Waals surface area contributed by atoms with Crippen LogP contribution in [-0.4, -0.2) is 13.2 Å². The first-order chi connectivity index (χ1) is 8.70. The van der Waals surface area contributed by atoms with E-state index in [9.17, 15) is 4.39 Å². The van der Waals surface area contributed by atoms with Gasteiger partial charge in [-0.05, 0) is 45.4 Å². The van der Waals surface area contributed by atoms with Crippen LogP contribution in [0.15, 0.2) is 30.4 Å². The Morgan fingerprint density at radius 2 is 2.28 bits per heavy atom. The van der Waals surface area contributed by atoms with Crippen LogP contribution < -0.4 is 10.1 Å². The molecule has 2 rings (SSSR count). The van der Waals surface area contributed by atoms with Crippen LogP contribution in [0.25, 0.3) is 0 Å². The first-order valence-corrected chi connectivity index (χ1v) is 6.50. The van der Waals surface area contributed by atoms with Gasteiger partial charge in [0.1, 0.15) is 17.7 Å². The van der Waals surface area contributed by atoms with E-state index in [0.717, 1.165) is 19.3 Å². The molecule has 18 heavy (non-hydrogen) atoms. The lowest BCUT2D eigenvalue weighted by molar-refractivity contribution is 0.229. The van der Waals surface area contributed by atoms with Crippen LogP contribution in [0.1, 0.15) is 37.8 Å². The van der Waals surface area contributed by atoms with Crippen molar-refractivity contribution in [1.29, 1.82) is 0 Å². The van der Waals surface area contributed by atoms with Crippen molar-refractivity contribution in [1.82, 2.24) is 5.32 Å². The number of benzene rings is 1. The minimum atomic E-state index is -0.214. The summed E-state index contributed by atoms with van der Waals surface area (Å²) >= 11 is 0. The van der Waals surface area contributed by atoms with Crippen molar-refractivity contribution in [2.75, 3.05) is 7.05 Å². The molecule has 1 aromatic rings. The Balaban J connectivity index is 2.08. The number of ether oxygens (including phenoxy) is 1. The van der Waals surface area contributed by atoms with Crippen LogP contribution in [0.2, 0.25) is 0 Å². The van der Waals surface area contributed by atoms with E-state index < -0.39 is 0 Å². The molecule has 1 N–H and O–H groups in total. The topological polar surface area (TPSA) is 21.3 Å². The van der Waals surface area contributed by atoms with E-state index >= 15 is 0 Å². The molecule has 0 aliphatic heterocycles. The van der Waals surface area contributed by atoms with Crippen LogP contribution in [0.3, 0.4) is 0 Å². The maximum absolute atomic E-state index is 13.9. The van der Waals surface area contributed by atoms with E-state index in [1.165, 1.54) is 6.07 Å². The summed E-state index contributed by atoms with van der Waals surface area (Å²) in [6.45, 7) is 1.93. The Bertz CT molecular complexity index is 431. The fourth-order valence-corrected chi connectivity index (χ4v) is 2.14. The highest BCUT2D eigenvalue weighted by Crippen LogP contribution is 2.24. The third-order valence-electron chi connectivity index (χ3n) is 3.37. The SMILES string of the molecule is CNC(C)c1ccc(OC2C=CCCC2)cc1F. The average molecular weight is 249 g/mol. The summed E-state index contributed by atoms with van der Waals surface area (Å²) in [4.78, 5) is 0. The van der Waals surface area contributed by atoms with Gasteiger partial charge in [-0.1, -0.05) is 12.1 Å². The van der Waals surface area contributed by atoms with Crippen LogP contribution in [-0.2, 0) is 0 Å². The predicted octanol–water partition coefficient (Wildman–Crippen LogP) is 3.59. The van der Waals surface area contributed by atoms with E-state index in [1.807, 2.05) is 20.0 Å².